The highest BCUT2D eigenvalue weighted by Crippen LogP contribution is 2.29. The predicted octanol–water partition coefficient (Wildman–Crippen LogP) is 3.35. The summed E-state index contributed by atoms with van der Waals surface area (Å²) in [7, 11) is -0.680. The lowest BCUT2D eigenvalue weighted by Gasteiger charge is -2.22. The van der Waals surface area contributed by atoms with Crippen LogP contribution in [0.4, 0.5) is 0 Å². The van der Waals surface area contributed by atoms with Gasteiger partial charge in [0.25, 0.3) is 0 Å². The zero-order valence-electron chi connectivity index (χ0n) is 16.8. The molecule has 0 aliphatic heterocycles. The number of benzene rings is 2. The van der Waals surface area contributed by atoms with E-state index in [2.05, 4.69) is 21.2 Å². The molecule has 7 nitrogen and oxygen atoms in total. The zero-order chi connectivity index (χ0) is 21.6. The largest absolute Gasteiger partial charge is 0.493 e. The molecule has 1 amide bonds. The lowest BCUT2D eigenvalue weighted by Crippen LogP contribution is -2.41. The Bertz CT molecular complexity index is 948. The van der Waals surface area contributed by atoms with Gasteiger partial charge in [0.1, 0.15) is 0 Å². The number of nitrogens with one attached hydrogen (secondary N) is 1. The molecule has 1 N–H and O–H groups in total. The first kappa shape index (κ1) is 23.2. The second kappa shape index (κ2) is 10.1. The van der Waals surface area contributed by atoms with Crippen molar-refractivity contribution >= 4 is 31.9 Å². The van der Waals surface area contributed by atoms with Gasteiger partial charge in [0.05, 0.1) is 31.7 Å². The molecular weight excluding hydrogens is 460 g/mol. The first-order valence-electron chi connectivity index (χ1n) is 9.00. The molecule has 158 valence electrons. The lowest BCUT2D eigenvalue weighted by molar-refractivity contribution is -0.121. The molecule has 9 heteroatoms. The molecule has 29 heavy (non-hydrogen) atoms. The average molecular weight is 485 g/mol. The summed E-state index contributed by atoms with van der Waals surface area (Å²) in [5.41, 5.74) is 0.815. The first-order chi connectivity index (χ1) is 13.7. The Balaban J connectivity index is 2.10. The Morgan fingerprint density at radius 3 is 2.28 bits per heavy atom. The normalized spacial score (nSPS) is 12.5. The number of hydrogen-bond acceptors (Lipinski definition) is 5. The third-order valence-electron chi connectivity index (χ3n) is 4.41. The van der Waals surface area contributed by atoms with Gasteiger partial charge in [-0.15, -0.1) is 0 Å². The molecule has 0 saturated carbocycles. The highest BCUT2D eigenvalue weighted by Gasteiger charge is 2.26. The minimum Gasteiger partial charge on any atom is -0.493 e. The molecule has 0 radical (unpaired) electrons. The molecule has 2 aromatic rings. The van der Waals surface area contributed by atoms with E-state index in [0.717, 1.165) is 14.3 Å². The molecule has 0 saturated heterocycles. The van der Waals surface area contributed by atoms with E-state index in [1.807, 2.05) is 13.0 Å². The van der Waals surface area contributed by atoms with Crippen LogP contribution >= 0.6 is 15.9 Å². The average Bonchev–Trinajstić information content (AvgIpc) is 2.71. The van der Waals surface area contributed by atoms with E-state index in [0.29, 0.717) is 11.5 Å². The summed E-state index contributed by atoms with van der Waals surface area (Å²) in [6, 6.07) is 11.3. The Labute approximate surface area is 180 Å². The Morgan fingerprint density at radius 2 is 1.72 bits per heavy atom. The molecular formula is C20H25BrN2O5S. The van der Waals surface area contributed by atoms with Crippen molar-refractivity contribution < 1.29 is 22.7 Å². The monoisotopic (exact) mass is 484 g/mol. The fraction of sp³-hybridized carbons (Fsp3) is 0.350. The quantitative estimate of drug-likeness (QED) is 0.589. The number of likely N-dealkylation sites (N-methyl/N-ethyl adjacent to an activating group) is 1. The molecule has 2 rings (SSSR count). The van der Waals surface area contributed by atoms with E-state index in [1.165, 1.54) is 19.2 Å². The number of rotatable bonds is 9. The summed E-state index contributed by atoms with van der Waals surface area (Å²) in [6.07, 6.45) is 0. The van der Waals surface area contributed by atoms with Crippen molar-refractivity contribution in [1.82, 2.24) is 9.62 Å². The number of hydrogen-bond donors (Lipinski definition) is 1. The van der Waals surface area contributed by atoms with Gasteiger partial charge >= 0.3 is 0 Å². The van der Waals surface area contributed by atoms with Crippen LogP contribution in [-0.2, 0) is 14.8 Å². The summed E-state index contributed by atoms with van der Waals surface area (Å²) in [6.45, 7) is 3.42. The summed E-state index contributed by atoms with van der Waals surface area (Å²) in [5.74, 6) is 0.751. The predicted molar refractivity (Wildman–Crippen MR) is 115 cm³/mol. The molecule has 0 aromatic heterocycles. The van der Waals surface area contributed by atoms with Gasteiger partial charge in [-0.1, -0.05) is 28.9 Å². The van der Waals surface area contributed by atoms with Crippen molar-refractivity contribution in [2.45, 2.75) is 24.8 Å². The molecule has 0 unspecified atom stereocenters. The summed E-state index contributed by atoms with van der Waals surface area (Å²) < 4.78 is 38.1. The first-order valence-corrected chi connectivity index (χ1v) is 11.2. The Morgan fingerprint density at radius 1 is 1.10 bits per heavy atom. The van der Waals surface area contributed by atoms with Gasteiger partial charge in [0.2, 0.25) is 15.9 Å². The van der Waals surface area contributed by atoms with Gasteiger partial charge in [-0.05, 0) is 48.9 Å². The number of carbonyl (C=O) groups is 1. The van der Waals surface area contributed by atoms with Crippen LogP contribution in [0, 0.1) is 0 Å². The Kier molecular flexibility index (Phi) is 8.06. The van der Waals surface area contributed by atoms with E-state index in [9.17, 15) is 13.2 Å². The van der Waals surface area contributed by atoms with Crippen molar-refractivity contribution in [2.24, 2.45) is 0 Å². The van der Waals surface area contributed by atoms with E-state index in [4.69, 9.17) is 9.47 Å². The van der Waals surface area contributed by atoms with Crippen LogP contribution in [0.1, 0.15) is 25.5 Å². The fourth-order valence-corrected chi connectivity index (χ4v) is 4.44. The van der Waals surface area contributed by atoms with Gasteiger partial charge in [0, 0.05) is 11.0 Å². The standard InChI is InChI=1S/C20H25BrN2O5S/c1-5-23(29(25,26)17-9-7-16(21)8-10-17)13-20(24)22-14(2)15-6-11-18(27-3)19(12-15)28-4/h6-12,14H,5,13H2,1-4H3,(H,22,24)/t14-/m1/s1. The molecule has 0 aliphatic carbocycles. The van der Waals surface area contributed by atoms with Crippen LogP contribution in [0.2, 0.25) is 0 Å². The number of methoxy groups -OCH3 is 2. The number of amides is 1. The van der Waals surface area contributed by atoms with E-state index in [-0.39, 0.29) is 24.0 Å². The molecule has 0 spiro atoms. The maximum Gasteiger partial charge on any atom is 0.243 e. The van der Waals surface area contributed by atoms with Crippen LogP contribution < -0.4 is 14.8 Å². The Hall–Kier alpha value is -2.10. The topological polar surface area (TPSA) is 84.9 Å². The molecule has 0 aliphatic rings. The highest BCUT2D eigenvalue weighted by atomic mass is 79.9. The molecule has 0 bridgehead atoms. The van der Waals surface area contributed by atoms with Crippen molar-refractivity contribution in [3.63, 3.8) is 0 Å². The van der Waals surface area contributed by atoms with Crippen LogP contribution in [0.25, 0.3) is 0 Å². The minimum absolute atomic E-state index is 0.142. The van der Waals surface area contributed by atoms with Crippen LogP contribution in [0.5, 0.6) is 11.5 Å². The lowest BCUT2D eigenvalue weighted by atomic mass is 10.1. The SMILES string of the molecule is CCN(CC(=O)N[C@H](C)c1ccc(OC)c(OC)c1)S(=O)(=O)c1ccc(Br)cc1. The van der Waals surface area contributed by atoms with E-state index < -0.39 is 15.9 Å². The molecule has 0 heterocycles. The maximum absolute atomic E-state index is 12.8. The van der Waals surface area contributed by atoms with Gasteiger partial charge < -0.3 is 14.8 Å². The van der Waals surface area contributed by atoms with Gasteiger partial charge in [-0.2, -0.15) is 4.31 Å². The minimum atomic E-state index is -3.77. The second-order valence-electron chi connectivity index (χ2n) is 6.29. The number of nitrogens with zero attached hydrogens (tertiary/aromatic N) is 1. The molecule has 0 fully saturated rings. The smallest absolute Gasteiger partial charge is 0.243 e. The number of halogens is 1. The van der Waals surface area contributed by atoms with Gasteiger partial charge in [-0.25, -0.2) is 8.42 Å². The van der Waals surface area contributed by atoms with Crippen molar-refractivity contribution in [3.05, 3.63) is 52.5 Å². The fourth-order valence-electron chi connectivity index (χ4n) is 2.78. The van der Waals surface area contributed by atoms with Gasteiger partial charge in [0.15, 0.2) is 11.5 Å². The van der Waals surface area contributed by atoms with Gasteiger partial charge in [-0.3, -0.25) is 4.79 Å². The van der Waals surface area contributed by atoms with Crippen molar-refractivity contribution in [2.75, 3.05) is 27.3 Å². The number of carbonyl (C=O) groups excluding carboxylic acids is 1. The molecule has 1 atom stereocenters. The van der Waals surface area contributed by atoms with Crippen LogP contribution in [0.15, 0.2) is 51.8 Å². The third kappa shape index (κ3) is 5.71. The second-order valence-corrected chi connectivity index (χ2v) is 9.14. The van der Waals surface area contributed by atoms with Crippen molar-refractivity contribution in [3.8, 4) is 11.5 Å². The number of sulfonamides is 1. The van der Waals surface area contributed by atoms with Crippen LogP contribution in [0.3, 0.4) is 0 Å². The summed E-state index contributed by atoms with van der Waals surface area (Å²) in [5, 5.41) is 2.83. The maximum atomic E-state index is 12.8. The third-order valence-corrected chi connectivity index (χ3v) is 6.87. The van der Waals surface area contributed by atoms with E-state index >= 15 is 0 Å². The van der Waals surface area contributed by atoms with E-state index in [1.54, 1.807) is 38.3 Å². The van der Waals surface area contributed by atoms with Crippen LogP contribution in [-0.4, -0.2) is 45.9 Å². The number of ether oxygens (including phenoxy) is 2. The summed E-state index contributed by atoms with van der Waals surface area (Å²) in [4.78, 5) is 12.7. The molecule has 2 aromatic carbocycles. The summed E-state index contributed by atoms with van der Waals surface area (Å²) >= 11 is 3.29. The van der Waals surface area contributed by atoms with Crippen molar-refractivity contribution in [1.29, 1.82) is 0 Å². The zero-order valence-corrected chi connectivity index (χ0v) is 19.2. The highest BCUT2D eigenvalue weighted by molar-refractivity contribution is 9.10.